The van der Waals surface area contributed by atoms with Crippen molar-refractivity contribution in [3.8, 4) is 5.75 Å². The van der Waals surface area contributed by atoms with Gasteiger partial charge >= 0.3 is 5.97 Å². The summed E-state index contributed by atoms with van der Waals surface area (Å²) in [4.78, 5) is 10.5. The molecule has 0 heterocycles. The molecule has 3 nitrogen and oxygen atoms in total. The third-order valence-corrected chi connectivity index (χ3v) is 2.31. The van der Waals surface area contributed by atoms with Gasteiger partial charge in [0.05, 0.1) is 13.5 Å². The standard InChI is InChI=1S/C11H12F2O3/c1-6(5-9(14)15)7-3-4-8(16-2)11(13)10(7)12/h3-4,6H,5H2,1-2H3,(H,14,15). The normalized spacial score (nSPS) is 12.2. The van der Waals surface area contributed by atoms with Crippen LogP contribution in [0.25, 0.3) is 0 Å². The Balaban J connectivity index is 3.06. The summed E-state index contributed by atoms with van der Waals surface area (Å²) >= 11 is 0. The van der Waals surface area contributed by atoms with Crippen molar-refractivity contribution in [1.29, 1.82) is 0 Å². The Labute approximate surface area is 91.7 Å². The predicted octanol–water partition coefficient (Wildman–Crippen LogP) is 2.55. The summed E-state index contributed by atoms with van der Waals surface area (Å²) in [6.45, 7) is 1.53. The molecular formula is C11H12F2O3. The van der Waals surface area contributed by atoms with Gasteiger partial charge in [-0.05, 0) is 17.5 Å². The fourth-order valence-electron chi connectivity index (χ4n) is 1.46. The molecule has 0 aliphatic rings. The number of aliphatic carboxylic acids is 1. The van der Waals surface area contributed by atoms with Gasteiger partial charge in [0.15, 0.2) is 11.6 Å². The maximum absolute atomic E-state index is 13.5. The summed E-state index contributed by atoms with van der Waals surface area (Å²) in [6, 6.07) is 2.62. The second kappa shape index (κ2) is 4.92. The van der Waals surface area contributed by atoms with Crippen LogP contribution in [0.4, 0.5) is 8.78 Å². The molecule has 0 spiro atoms. The fourth-order valence-corrected chi connectivity index (χ4v) is 1.46. The van der Waals surface area contributed by atoms with Gasteiger partial charge in [-0.2, -0.15) is 4.39 Å². The Kier molecular flexibility index (Phi) is 3.82. The van der Waals surface area contributed by atoms with Crippen molar-refractivity contribution < 1.29 is 23.4 Å². The van der Waals surface area contributed by atoms with Crippen LogP contribution in [-0.2, 0) is 4.79 Å². The molecule has 0 radical (unpaired) electrons. The minimum atomic E-state index is -1.09. The van der Waals surface area contributed by atoms with E-state index in [9.17, 15) is 13.6 Å². The molecule has 1 atom stereocenters. The molecule has 1 rings (SSSR count). The molecule has 0 saturated carbocycles. The fraction of sp³-hybridized carbons (Fsp3) is 0.364. The van der Waals surface area contributed by atoms with Crippen LogP contribution >= 0.6 is 0 Å². The number of benzene rings is 1. The number of carboxylic acids is 1. The van der Waals surface area contributed by atoms with E-state index in [0.717, 1.165) is 0 Å². The van der Waals surface area contributed by atoms with Gasteiger partial charge in [-0.1, -0.05) is 13.0 Å². The van der Waals surface area contributed by atoms with Crippen molar-refractivity contribution in [3.63, 3.8) is 0 Å². The molecule has 16 heavy (non-hydrogen) atoms. The van der Waals surface area contributed by atoms with Gasteiger partial charge in [0.1, 0.15) is 0 Å². The highest BCUT2D eigenvalue weighted by Gasteiger charge is 2.19. The topological polar surface area (TPSA) is 46.5 Å². The first kappa shape index (κ1) is 12.4. The van der Waals surface area contributed by atoms with Crippen LogP contribution in [0, 0.1) is 11.6 Å². The van der Waals surface area contributed by atoms with E-state index in [1.54, 1.807) is 0 Å². The first-order valence-electron chi connectivity index (χ1n) is 4.71. The summed E-state index contributed by atoms with van der Waals surface area (Å²) in [5.74, 6) is -3.96. The average molecular weight is 230 g/mol. The van der Waals surface area contributed by atoms with E-state index in [0.29, 0.717) is 0 Å². The number of carboxylic acid groups (broad SMARTS) is 1. The molecule has 0 bridgehead atoms. The monoisotopic (exact) mass is 230 g/mol. The maximum atomic E-state index is 13.5. The molecule has 0 saturated heterocycles. The van der Waals surface area contributed by atoms with Crippen LogP contribution in [0.5, 0.6) is 5.75 Å². The molecule has 0 aliphatic carbocycles. The van der Waals surface area contributed by atoms with Gasteiger partial charge < -0.3 is 9.84 Å². The third-order valence-electron chi connectivity index (χ3n) is 2.31. The molecule has 1 N–H and O–H groups in total. The molecule has 1 aromatic carbocycles. The summed E-state index contributed by atoms with van der Waals surface area (Å²) in [5.41, 5.74) is 0.0423. The Morgan fingerprint density at radius 2 is 2.06 bits per heavy atom. The number of hydrogen-bond donors (Lipinski definition) is 1. The highest BCUT2D eigenvalue weighted by atomic mass is 19.2. The number of ether oxygens (including phenoxy) is 1. The van der Waals surface area contributed by atoms with Crippen molar-refractivity contribution in [1.82, 2.24) is 0 Å². The summed E-state index contributed by atoms with van der Waals surface area (Å²) < 4.78 is 31.4. The molecule has 88 valence electrons. The predicted molar refractivity (Wildman–Crippen MR) is 53.6 cm³/mol. The second-order valence-electron chi connectivity index (χ2n) is 3.48. The SMILES string of the molecule is COc1ccc(C(C)CC(=O)O)c(F)c1F. The zero-order valence-corrected chi connectivity index (χ0v) is 8.96. The zero-order valence-electron chi connectivity index (χ0n) is 8.96. The van der Waals surface area contributed by atoms with Crippen LogP contribution in [0.15, 0.2) is 12.1 Å². The van der Waals surface area contributed by atoms with Gasteiger partial charge in [0.25, 0.3) is 0 Å². The van der Waals surface area contributed by atoms with Crippen LogP contribution in [0.2, 0.25) is 0 Å². The van der Waals surface area contributed by atoms with Gasteiger partial charge in [-0.15, -0.1) is 0 Å². The number of carbonyl (C=O) groups is 1. The van der Waals surface area contributed by atoms with E-state index >= 15 is 0 Å². The van der Waals surface area contributed by atoms with Crippen LogP contribution < -0.4 is 4.74 Å². The molecule has 0 aromatic heterocycles. The first-order valence-corrected chi connectivity index (χ1v) is 4.71. The first-order chi connectivity index (χ1) is 7.47. The molecule has 0 amide bonds. The molecular weight excluding hydrogens is 218 g/mol. The van der Waals surface area contributed by atoms with E-state index in [2.05, 4.69) is 4.74 Å². The lowest BCUT2D eigenvalue weighted by molar-refractivity contribution is -0.137. The largest absolute Gasteiger partial charge is 0.494 e. The molecule has 1 unspecified atom stereocenters. The van der Waals surface area contributed by atoms with E-state index in [4.69, 9.17) is 5.11 Å². The van der Waals surface area contributed by atoms with Crippen LogP contribution in [0.3, 0.4) is 0 Å². The average Bonchev–Trinajstić information content (AvgIpc) is 2.20. The summed E-state index contributed by atoms with van der Waals surface area (Å²) in [5, 5.41) is 8.57. The smallest absolute Gasteiger partial charge is 0.303 e. The van der Waals surface area contributed by atoms with Crippen molar-refractivity contribution >= 4 is 5.97 Å². The van der Waals surface area contributed by atoms with Crippen molar-refractivity contribution in [3.05, 3.63) is 29.3 Å². The van der Waals surface area contributed by atoms with Gasteiger partial charge in [0, 0.05) is 0 Å². The van der Waals surface area contributed by atoms with Crippen molar-refractivity contribution in [2.24, 2.45) is 0 Å². The Hall–Kier alpha value is -1.65. The molecule has 0 aliphatic heterocycles. The zero-order chi connectivity index (χ0) is 12.3. The summed E-state index contributed by atoms with van der Waals surface area (Å²) in [6.07, 6.45) is -0.247. The minimum Gasteiger partial charge on any atom is -0.494 e. The summed E-state index contributed by atoms with van der Waals surface area (Å²) in [7, 11) is 1.23. The Bertz CT molecular complexity index is 404. The highest BCUT2D eigenvalue weighted by Crippen LogP contribution is 2.28. The molecule has 0 fully saturated rings. The number of hydrogen-bond acceptors (Lipinski definition) is 2. The lowest BCUT2D eigenvalue weighted by atomic mass is 9.97. The van der Waals surface area contributed by atoms with Gasteiger partial charge in [0.2, 0.25) is 5.82 Å². The molecule has 1 aromatic rings. The lowest BCUT2D eigenvalue weighted by Crippen LogP contribution is -2.06. The number of methoxy groups -OCH3 is 1. The van der Waals surface area contributed by atoms with Crippen molar-refractivity contribution in [2.75, 3.05) is 7.11 Å². The maximum Gasteiger partial charge on any atom is 0.303 e. The number of halogens is 2. The molecule has 5 heteroatoms. The van der Waals surface area contributed by atoms with Crippen molar-refractivity contribution in [2.45, 2.75) is 19.3 Å². The van der Waals surface area contributed by atoms with E-state index in [-0.39, 0.29) is 17.7 Å². The van der Waals surface area contributed by atoms with E-state index in [1.807, 2.05) is 0 Å². The van der Waals surface area contributed by atoms with Crippen LogP contribution in [0.1, 0.15) is 24.8 Å². The Morgan fingerprint density at radius 1 is 1.44 bits per heavy atom. The van der Waals surface area contributed by atoms with Gasteiger partial charge in [-0.25, -0.2) is 4.39 Å². The highest BCUT2D eigenvalue weighted by molar-refractivity contribution is 5.68. The lowest BCUT2D eigenvalue weighted by Gasteiger charge is -2.12. The Morgan fingerprint density at radius 3 is 2.56 bits per heavy atom. The number of rotatable bonds is 4. The quantitative estimate of drug-likeness (QED) is 0.864. The van der Waals surface area contributed by atoms with Gasteiger partial charge in [-0.3, -0.25) is 4.79 Å². The minimum absolute atomic E-state index is 0.0423. The third kappa shape index (κ3) is 2.48. The van der Waals surface area contributed by atoms with E-state index < -0.39 is 23.5 Å². The second-order valence-corrected chi connectivity index (χ2v) is 3.48. The van der Waals surface area contributed by atoms with Crippen LogP contribution in [-0.4, -0.2) is 18.2 Å². The van der Waals surface area contributed by atoms with E-state index in [1.165, 1.54) is 26.2 Å².